The van der Waals surface area contributed by atoms with Crippen molar-refractivity contribution in [2.45, 2.75) is 25.4 Å². The lowest BCUT2D eigenvalue weighted by molar-refractivity contribution is -0.732. The van der Waals surface area contributed by atoms with Gasteiger partial charge in [0.15, 0.2) is 11.8 Å². The van der Waals surface area contributed by atoms with Gasteiger partial charge in [0, 0.05) is 6.92 Å². The third-order valence-electron chi connectivity index (χ3n) is 5.70. The Morgan fingerprint density at radius 3 is 2.48 bits per heavy atom. The molecule has 2 saturated heterocycles. The van der Waals surface area contributed by atoms with Gasteiger partial charge in [-0.3, -0.25) is 9.59 Å². The molecule has 4 rings (SSSR count). The number of ether oxygens (including phenoxy) is 1. The minimum Gasteiger partial charge on any atom is -0.464 e. The van der Waals surface area contributed by atoms with Crippen LogP contribution in [0, 0.1) is 18.8 Å². The summed E-state index contributed by atoms with van der Waals surface area (Å²) in [6.45, 7) is 3.59. The Morgan fingerprint density at radius 2 is 1.89 bits per heavy atom. The van der Waals surface area contributed by atoms with Crippen molar-refractivity contribution < 1.29 is 28.9 Å². The normalized spacial score (nSPS) is 29.9. The molecule has 2 aromatic rings. The molecular weight excluding hydrogens is 348 g/mol. The number of amides is 2. The number of carbonyl (C=O) groups is 3. The second-order valence-corrected chi connectivity index (χ2v) is 7.33. The number of hydrogen-bond acceptors (Lipinski definition) is 5. The number of hydrogen-bond donors (Lipinski definition) is 1. The average Bonchev–Trinajstić information content (AvgIpc) is 3.34. The van der Waals surface area contributed by atoms with E-state index in [-0.39, 0.29) is 11.8 Å². The average molecular weight is 369 g/mol. The molecule has 2 amide bonds. The van der Waals surface area contributed by atoms with Crippen LogP contribution in [0.3, 0.4) is 0 Å². The molecule has 7 nitrogen and oxygen atoms in total. The number of rotatable bonds is 3. The Balaban J connectivity index is 1.81. The summed E-state index contributed by atoms with van der Waals surface area (Å²) in [5, 5.41) is 1.73. The van der Waals surface area contributed by atoms with Crippen LogP contribution in [-0.2, 0) is 19.1 Å². The molecule has 0 spiro atoms. The van der Waals surface area contributed by atoms with Gasteiger partial charge in [-0.25, -0.2) is 9.69 Å². The summed E-state index contributed by atoms with van der Waals surface area (Å²) in [6, 6.07) is 10.2. The van der Waals surface area contributed by atoms with E-state index in [9.17, 15) is 14.4 Å². The van der Waals surface area contributed by atoms with Crippen LogP contribution < -0.4 is 10.2 Å². The van der Waals surface area contributed by atoms with Crippen LogP contribution >= 0.6 is 0 Å². The van der Waals surface area contributed by atoms with Crippen LogP contribution in [-0.4, -0.2) is 30.4 Å². The number of benzene rings is 1. The van der Waals surface area contributed by atoms with Crippen LogP contribution in [0.2, 0.25) is 0 Å². The Morgan fingerprint density at radius 1 is 1.19 bits per heavy atom. The number of nitrogens with zero attached hydrogens (tertiary/aromatic N) is 1. The fourth-order valence-electron chi connectivity index (χ4n) is 4.37. The van der Waals surface area contributed by atoms with Gasteiger partial charge in [-0.1, -0.05) is 17.7 Å². The summed E-state index contributed by atoms with van der Waals surface area (Å²) >= 11 is 0. The highest BCUT2D eigenvalue weighted by atomic mass is 16.5. The highest BCUT2D eigenvalue weighted by Gasteiger charge is 2.71. The van der Waals surface area contributed by atoms with Crippen LogP contribution in [0.5, 0.6) is 0 Å². The van der Waals surface area contributed by atoms with Gasteiger partial charge < -0.3 is 14.5 Å². The quantitative estimate of drug-likeness (QED) is 0.642. The first-order valence-electron chi connectivity index (χ1n) is 8.81. The van der Waals surface area contributed by atoms with Crippen molar-refractivity contribution in [2.24, 2.45) is 11.8 Å². The molecule has 4 atom stereocenters. The Bertz CT molecular complexity index is 905. The Kier molecular flexibility index (Phi) is 3.92. The molecule has 0 bridgehead atoms. The molecule has 0 unspecified atom stereocenters. The summed E-state index contributed by atoms with van der Waals surface area (Å²) in [4.78, 5) is 40.3. The number of nitrogens with two attached hydrogens (primary N) is 1. The molecule has 2 N–H and O–H groups in total. The van der Waals surface area contributed by atoms with Crippen LogP contribution in [0.1, 0.15) is 24.3 Å². The summed E-state index contributed by atoms with van der Waals surface area (Å²) in [7, 11) is 1.29. The third kappa shape index (κ3) is 2.42. The molecule has 27 heavy (non-hydrogen) atoms. The highest BCUT2D eigenvalue weighted by Crippen LogP contribution is 2.45. The maximum Gasteiger partial charge on any atom is 0.368 e. The second-order valence-electron chi connectivity index (χ2n) is 7.33. The van der Waals surface area contributed by atoms with Crippen molar-refractivity contribution in [3.63, 3.8) is 0 Å². The SMILES string of the molecule is COC(=O)[C@]1(C)[NH2+][C@H](c2ccco2)[C@H]2C(=O)N(c3ccc(C)cc3)C(=O)[C@H]21. The van der Waals surface area contributed by atoms with E-state index in [4.69, 9.17) is 9.15 Å². The van der Waals surface area contributed by atoms with Gasteiger partial charge in [-0.05, 0) is 31.2 Å². The first-order chi connectivity index (χ1) is 12.9. The number of aryl methyl sites for hydroxylation is 1. The van der Waals surface area contributed by atoms with Crippen molar-refractivity contribution >= 4 is 23.5 Å². The first-order valence-corrected chi connectivity index (χ1v) is 8.81. The van der Waals surface area contributed by atoms with Gasteiger partial charge in [0.25, 0.3) is 0 Å². The van der Waals surface area contributed by atoms with Crippen LogP contribution in [0.15, 0.2) is 47.1 Å². The standard InChI is InChI=1S/C20H20N2O5/c1-11-6-8-12(9-7-11)22-17(23)14-15(18(22)24)20(2,19(25)26-3)21-16(14)13-5-4-10-27-13/h4-10,14-16,21H,1-3H3/p+1/t14-,15-,16+,20+/m0/s1. The van der Waals surface area contributed by atoms with Gasteiger partial charge in [0.05, 0.1) is 19.1 Å². The molecule has 0 saturated carbocycles. The Labute approximate surface area is 156 Å². The number of carbonyl (C=O) groups excluding carboxylic acids is 3. The fraction of sp³-hybridized carbons (Fsp3) is 0.350. The van der Waals surface area contributed by atoms with Crippen molar-refractivity contribution in [2.75, 3.05) is 12.0 Å². The van der Waals surface area contributed by atoms with Crippen LogP contribution in [0.25, 0.3) is 0 Å². The fourth-order valence-corrected chi connectivity index (χ4v) is 4.37. The van der Waals surface area contributed by atoms with Crippen molar-refractivity contribution in [3.8, 4) is 0 Å². The number of esters is 1. The topological polar surface area (TPSA) is 93.4 Å². The monoisotopic (exact) mass is 369 g/mol. The predicted molar refractivity (Wildman–Crippen MR) is 94.4 cm³/mol. The zero-order chi connectivity index (χ0) is 19.3. The number of furan rings is 1. The lowest BCUT2D eigenvalue weighted by Gasteiger charge is -2.25. The predicted octanol–water partition coefficient (Wildman–Crippen LogP) is 0.944. The van der Waals surface area contributed by atoms with E-state index in [2.05, 4.69) is 0 Å². The number of anilines is 1. The van der Waals surface area contributed by atoms with Gasteiger partial charge in [-0.15, -0.1) is 0 Å². The smallest absolute Gasteiger partial charge is 0.368 e. The summed E-state index contributed by atoms with van der Waals surface area (Å²) in [5.41, 5.74) is 0.331. The van der Waals surface area contributed by atoms with E-state index in [1.54, 1.807) is 36.5 Å². The first kappa shape index (κ1) is 17.5. The maximum atomic E-state index is 13.3. The number of quaternary nitrogens is 1. The molecule has 2 fully saturated rings. The number of imide groups is 1. The van der Waals surface area contributed by atoms with E-state index < -0.39 is 29.4 Å². The van der Waals surface area contributed by atoms with Gasteiger partial charge >= 0.3 is 5.97 Å². The van der Waals surface area contributed by atoms with E-state index in [0.717, 1.165) is 5.56 Å². The summed E-state index contributed by atoms with van der Waals surface area (Å²) in [5.74, 6) is -2.20. The van der Waals surface area contributed by atoms with Crippen molar-refractivity contribution in [3.05, 3.63) is 54.0 Å². The lowest BCUT2D eigenvalue weighted by Crippen LogP contribution is -2.97. The molecule has 3 heterocycles. The highest BCUT2D eigenvalue weighted by molar-refractivity contribution is 6.23. The van der Waals surface area contributed by atoms with E-state index in [0.29, 0.717) is 11.4 Å². The molecule has 1 aromatic carbocycles. The number of fused-ring (bicyclic) bond motifs is 1. The van der Waals surface area contributed by atoms with E-state index >= 15 is 0 Å². The second kappa shape index (κ2) is 6.06. The Hall–Kier alpha value is -2.93. The molecule has 1 aromatic heterocycles. The zero-order valence-electron chi connectivity index (χ0n) is 15.3. The van der Waals surface area contributed by atoms with Crippen molar-refractivity contribution in [1.29, 1.82) is 0 Å². The molecule has 2 aliphatic rings. The molecule has 7 heteroatoms. The summed E-state index contributed by atoms with van der Waals surface area (Å²) < 4.78 is 10.5. The van der Waals surface area contributed by atoms with Crippen LogP contribution in [0.4, 0.5) is 5.69 Å². The van der Waals surface area contributed by atoms with E-state index in [1.807, 2.05) is 19.1 Å². The van der Waals surface area contributed by atoms with Gasteiger partial charge in [0.1, 0.15) is 11.8 Å². The minimum absolute atomic E-state index is 0.320. The molecular formula is C20H21N2O5+. The molecule has 0 aliphatic carbocycles. The summed E-state index contributed by atoms with van der Waals surface area (Å²) in [6.07, 6.45) is 1.52. The molecule has 0 radical (unpaired) electrons. The lowest BCUT2D eigenvalue weighted by atomic mass is 9.81. The van der Waals surface area contributed by atoms with Gasteiger partial charge in [-0.2, -0.15) is 0 Å². The molecule has 140 valence electrons. The molecule has 2 aliphatic heterocycles. The van der Waals surface area contributed by atoms with Crippen molar-refractivity contribution in [1.82, 2.24) is 0 Å². The largest absolute Gasteiger partial charge is 0.464 e. The number of methoxy groups -OCH3 is 1. The van der Waals surface area contributed by atoms with E-state index in [1.165, 1.54) is 18.3 Å². The zero-order valence-corrected chi connectivity index (χ0v) is 15.3. The minimum atomic E-state index is -1.21. The van der Waals surface area contributed by atoms with Gasteiger partial charge in [0.2, 0.25) is 17.4 Å². The third-order valence-corrected chi connectivity index (χ3v) is 5.70. The maximum absolute atomic E-state index is 13.3.